The van der Waals surface area contributed by atoms with Crippen LogP contribution in [-0.4, -0.2) is 56.3 Å². The number of hydrogen-bond acceptors (Lipinski definition) is 4. The number of nitrogens with one attached hydrogen (secondary N) is 1. The average Bonchev–Trinajstić information content (AvgIpc) is 2.55. The topological polar surface area (TPSA) is 50.8 Å². The highest BCUT2D eigenvalue weighted by atomic mass is 35.5. The molecule has 1 unspecified atom stereocenters. The molecular weight excluding hydrogens is 316 g/mol. The fourth-order valence-electron chi connectivity index (χ4n) is 2.47. The highest BCUT2D eigenvalue weighted by Crippen LogP contribution is 2.22. The van der Waals surface area contributed by atoms with Crippen molar-refractivity contribution in [3.05, 3.63) is 28.8 Å². The van der Waals surface area contributed by atoms with Crippen LogP contribution in [0.5, 0.6) is 5.75 Å². The normalized spacial score (nSPS) is 16.8. The van der Waals surface area contributed by atoms with E-state index in [1.807, 2.05) is 13.0 Å². The maximum absolute atomic E-state index is 12.1. The first-order valence-electron chi connectivity index (χ1n) is 8.07. The quantitative estimate of drug-likeness (QED) is 0.773. The zero-order chi connectivity index (χ0) is 16.7. The first-order valence-corrected chi connectivity index (χ1v) is 8.44. The maximum Gasteiger partial charge on any atom is 0.260 e. The Bertz CT molecular complexity index is 519. The lowest BCUT2D eigenvalue weighted by molar-refractivity contribution is -0.127. The van der Waals surface area contributed by atoms with Crippen molar-refractivity contribution >= 4 is 17.5 Å². The summed E-state index contributed by atoms with van der Waals surface area (Å²) in [5.74, 6) is 0.590. The molecule has 1 amide bonds. The molecule has 1 N–H and O–H groups in total. The van der Waals surface area contributed by atoms with Crippen LogP contribution in [0.4, 0.5) is 0 Å². The van der Waals surface area contributed by atoms with Crippen LogP contribution < -0.4 is 10.1 Å². The summed E-state index contributed by atoms with van der Waals surface area (Å²) >= 11 is 5.92. The van der Waals surface area contributed by atoms with Crippen molar-refractivity contribution in [2.75, 3.05) is 39.4 Å². The van der Waals surface area contributed by atoms with Gasteiger partial charge in [0.2, 0.25) is 0 Å². The zero-order valence-corrected chi connectivity index (χ0v) is 14.6. The summed E-state index contributed by atoms with van der Waals surface area (Å²) in [6, 6.07) is 5.38. The van der Waals surface area contributed by atoms with E-state index >= 15 is 0 Å². The Kier molecular flexibility index (Phi) is 7.15. The lowest BCUT2D eigenvalue weighted by Crippen LogP contribution is -2.40. The third kappa shape index (κ3) is 6.01. The van der Waals surface area contributed by atoms with Crippen molar-refractivity contribution in [1.82, 2.24) is 10.2 Å². The Morgan fingerprint density at radius 1 is 1.43 bits per heavy atom. The molecule has 1 atom stereocenters. The van der Waals surface area contributed by atoms with Gasteiger partial charge in [0.05, 0.1) is 13.2 Å². The standard InChI is InChI=1S/C17H25ClN2O3/c1-13-12-15(18)4-5-16(13)23-14(2)17(21)19-6-3-7-20-8-10-22-11-9-20/h4-5,12,14H,3,6-11H2,1-2H3,(H,19,21). The molecule has 1 fully saturated rings. The molecule has 0 aromatic heterocycles. The van der Waals surface area contributed by atoms with Gasteiger partial charge in [-0.1, -0.05) is 11.6 Å². The van der Waals surface area contributed by atoms with Gasteiger partial charge in [-0.15, -0.1) is 0 Å². The predicted molar refractivity (Wildman–Crippen MR) is 91.2 cm³/mol. The fourth-order valence-corrected chi connectivity index (χ4v) is 2.70. The number of halogens is 1. The third-order valence-corrected chi connectivity index (χ3v) is 4.10. The number of ether oxygens (including phenoxy) is 2. The summed E-state index contributed by atoms with van der Waals surface area (Å²) in [6.07, 6.45) is 0.400. The monoisotopic (exact) mass is 340 g/mol. The molecule has 1 aliphatic rings. The molecule has 0 bridgehead atoms. The molecule has 0 aliphatic carbocycles. The van der Waals surface area contributed by atoms with Crippen molar-refractivity contribution in [3.8, 4) is 5.75 Å². The number of benzene rings is 1. The number of morpholine rings is 1. The first kappa shape index (κ1) is 18.0. The van der Waals surface area contributed by atoms with Gasteiger partial charge in [-0.05, 0) is 50.6 Å². The van der Waals surface area contributed by atoms with E-state index in [9.17, 15) is 4.79 Å². The number of carbonyl (C=O) groups excluding carboxylic acids is 1. The second-order valence-corrected chi connectivity index (χ2v) is 6.20. The van der Waals surface area contributed by atoms with Crippen molar-refractivity contribution in [3.63, 3.8) is 0 Å². The number of nitrogens with zero attached hydrogens (tertiary/aromatic N) is 1. The van der Waals surface area contributed by atoms with E-state index in [0.717, 1.165) is 44.8 Å². The molecule has 2 rings (SSSR count). The Morgan fingerprint density at radius 3 is 2.87 bits per heavy atom. The van der Waals surface area contributed by atoms with E-state index in [2.05, 4.69) is 10.2 Å². The van der Waals surface area contributed by atoms with Crippen LogP contribution in [0.2, 0.25) is 5.02 Å². The summed E-state index contributed by atoms with van der Waals surface area (Å²) < 4.78 is 11.0. The molecule has 0 spiro atoms. The average molecular weight is 341 g/mol. The Balaban J connectivity index is 1.68. The van der Waals surface area contributed by atoms with E-state index in [1.54, 1.807) is 19.1 Å². The van der Waals surface area contributed by atoms with Gasteiger partial charge in [-0.2, -0.15) is 0 Å². The molecule has 5 nitrogen and oxygen atoms in total. The number of amides is 1. The lowest BCUT2D eigenvalue weighted by atomic mass is 10.2. The Hall–Kier alpha value is -1.30. The number of carbonyl (C=O) groups is 1. The molecule has 1 heterocycles. The number of rotatable bonds is 7. The molecule has 128 valence electrons. The summed E-state index contributed by atoms with van der Waals surface area (Å²) in [5, 5.41) is 3.59. The van der Waals surface area contributed by atoms with Gasteiger partial charge in [-0.3, -0.25) is 9.69 Å². The molecule has 6 heteroatoms. The van der Waals surface area contributed by atoms with E-state index in [1.165, 1.54) is 0 Å². The van der Waals surface area contributed by atoms with Crippen LogP contribution in [0.3, 0.4) is 0 Å². The second-order valence-electron chi connectivity index (χ2n) is 5.77. The van der Waals surface area contributed by atoms with E-state index in [4.69, 9.17) is 21.1 Å². The minimum atomic E-state index is -0.529. The summed E-state index contributed by atoms with van der Waals surface area (Å²) in [7, 11) is 0. The van der Waals surface area contributed by atoms with Gasteiger partial charge in [0.1, 0.15) is 5.75 Å². The Labute approximate surface area is 142 Å². The minimum absolute atomic E-state index is 0.0960. The molecule has 1 saturated heterocycles. The van der Waals surface area contributed by atoms with Crippen LogP contribution >= 0.6 is 11.6 Å². The molecular formula is C17H25ClN2O3. The second kappa shape index (κ2) is 9.11. The zero-order valence-electron chi connectivity index (χ0n) is 13.8. The maximum atomic E-state index is 12.1. The van der Waals surface area contributed by atoms with Crippen LogP contribution in [0, 0.1) is 6.92 Å². The molecule has 0 radical (unpaired) electrons. The van der Waals surface area contributed by atoms with E-state index in [-0.39, 0.29) is 5.91 Å². The molecule has 1 aromatic carbocycles. The largest absolute Gasteiger partial charge is 0.481 e. The SMILES string of the molecule is Cc1cc(Cl)ccc1OC(C)C(=O)NCCCN1CCOCC1. The fraction of sp³-hybridized carbons (Fsp3) is 0.588. The van der Waals surface area contributed by atoms with Gasteiger partial charge in [0, 0.05) is 24.7 Å². The summed E-state index contributed by atoms with van der Waals surface area (Å²) in [4.78, 5) is 14.4. The van der Waals surface area contributed by atoms with Crippen molar-refractivity contribution in [2.24, 2.45) is 0 Å². The van der Waals surface area contributed by atoms with E-state index < -0.39 is 6.10 Å². The van der Waals surface area contributed by atoms with Gasteiger partial charge in [0.15, 0.2) is 6.10 Å². The van der Waals surface area contributed by atoms with Gasteiger partial charge in [0.25, 0.3) is 5.91 Å². The molecule has 0 saturated carbocycles. The Morgan fingerprint density at radius 2 is 2.17 bits per heavy atom. The highest BCUT2D eigenvalue weighted by molar-refractivity contribution is 6.30. The van der Waals surface area contributed by atoms with Crippen LogP contribution in [0.25, 0.3) is 0 Å². The van der Waals surface area contributed by atoms with Crippen molar-refractivity contribution < 1.29 is 14.3 Å². The summed E-state index contributed by atoms with van der Waals surface area (Å²) in [6.45, 7) is 8.86. The van der Waals surface area contributed by atoms with E-state index in [0.29, 0.717) is 17.3 Å². The van der Waals surface area contributed by atoms with Crippen LogP contribution in [0.1, 0.15) is 18.9 Å². The third-order valence-electron chi connectivity index (χ3n) is 3.86. The van der Waals surface area contributed by atoms with Crippen molar-refractivity contribution in [2.45, 2.75) is 26.4 Å². The van der Waals surface area contributed by atoms with Gasteiger partial charge < -0.3 is 14.8 Å². The summed E-state index contributed by atoms with van der Waals surface area (Å²) in [5.41, 5.74) is 0.921. The lowest BCUT2D eigenvalue weighted by Gasteiger charge is -2.26. The minimum Gasteiger partial charge on any atom is -0.481 e. The smallest absolute Gasteiger partial charge is 0.260 e. The predicted octanol–water partition coefficient (Wildman–Crippen LogP) is 2.25. The number of aryl methyl sites for hydroxylation is 1. The first-order chi connectivity index (χ1) is 11.1. The van der Waals surface area contributed by atoms with Crippen LogP contribution in [-0.2, 0) is 9.53 Å². The molecule has 1 aliphatic heterocycles. The highest BCUT2D eigenvalue weighted by Gasteiger charge is 2.15. The van der Waals surface area contributed by atoms with Crippen molar-refractivity contribution in [1.29, 1.82) is 0 Å². The molecule has 1 aromatic rings. The molecule has 23 heavy (non-hydrogen) atoms. The van der Waals surface area contributed by atoms with Gasteiger partial charge in [-0.25, -0.2) is 0 Å². The van der Waals surface area contributed by atoms with Gasteiger partial charge >= 0.3 is 0 Å². The van der Waals surface area contributed by atoms with Crippen LogP contribution in [0.15, 0.2) is 18.2 Å². The number of hydrogen-bond donors (Lipinski definition) is 1.